The van der Waals surface area contributed by atoms with E-state index in [-0.39, 0.29) is 30.2 Å². The molecule has 3 N–H and O–H groups in total. The van der Waals surface area contributed by atoms with Crippen LogP contribution in [0.4, 0.5) is 11.4 Å². The number of anilines is 2. The number of aryl methyl sites for hydroxylation is 2. The number of nitrogens with one attached hydrogen (secondary N) is 2. The molecular weight excluding hydrogens is 506 g/mol. The van der Waals surface area contributed by atoms with Crippen molar-refractivity contribution >= 4 is 29.1 Å². The Morgan fingerprint density at radius 1 is 1.07 bits per heavy atom. The molecule has 7 atom stereocenters. The van der Waals surface area contributed by atoms with Gasteiger partial charge in [-0.05, 0) is 68.4 Å². The molecule has 0 saturated carbocycles. The highest BCUT2D eigenvalue weighted by atomic mass is 16.5. The molecule has 2 unspecified atom stereocenters. The van der Waals surface area contributed by atoms with E-state index in [9.17, 15) is 19.5 Å². The van der Waals surface area contributed by atoms with Crippen LogP contribution < -0.4 is 10.6 Å². The standard InChI is InChI=1S/C32H41N3O5/c1-6-20(4)24(18-36)35-27(29(38)34-23-17-19(3)13-14-21(23)5)32-16-15-31(7-2,40-32)25(26(32)30(35)39)28(37)33-22-11-9-8-10-12-22/h8-14,17,20,24-27,36H,6-7,15-16,18H2,1-5H3,(H,33,37)(H,34,38)/t20-,24-,25-,26-,27?,31+,32?/m0/s1. The maximum Gasteiger partial charge on any atom is 0.250 e. The van der Waals surface area contributed by atoms with Crippen LogP contribution in [-0.4, -0.2) is 57.6 Å². The number of aliphatic hydroxyl groups is 1. The number of carbonyl (C=O) groups excluding carboxylic acids is 3. The fraction of sp³-hybridized carbons (Fsp3) is 0.531. The smallest absolute Gasteiger partial charge is 0.250 e. The second kappa shape index (κ2) is 10.6. The summed E-state index contributed by atoms with van der Waals surface area (Å²) in [5.74, 6) is -2.54. The van der Waals surface area contributed by atoms with Crippen LogP contribution in [0, 0.1) is 31.6 Å². The lowest BCUT2D eigenvalue weighted by molar-refractivity contribution is -0.149. The van der Waals surface area contributed by atoms with Gasteiger partial charge >= 0.3 is 0 Å². The molecule has 2 aromatic carbocycles. The molecule has 40 heavy (non-hydrogen) atoms. The summed E-state index contributed by atoms with van der Waals surface area (Å²) in [6.45, 7) is 9.57. The molecule has 2 aromatic rings. The highest BCUT2D eigenvalue weighted by Gasteiger charge is 2.79. The van der Waals surface area contributed by atoms with Crippen molar-refractivity contribution in [2.45, 2.75) is 83.6 Å². The van der Waals surface area contributed by atoms with E-state index in [1.807, 2.05) is 83.1 Å². The highest BCUT2D eigenvalue weighted by Crippen LogP contribution is 2.64. The van der Waals surface area contributed by atoms with Gasteiger partial charge in [-0.1, -0.05) is 57.5 Å². The second-order valence-corrected chi connectivity index (χ2v) is 11.9. The van der Waals surface area contributed by atoms with E-state index in [2.05, 4.69) is 10.6 Å². The van der Waals surface area contributed by atoms with Crippen LogP contribution in [-0.2, 0) is 19.1 Å². The molecule has 5 rings (SSSR count). The van der Waals surface area contributed by atoms with Gasteiger partial charge in [-0.25, -0.2) is 0 Å². The summed E-state index contributed by atoms with van der Waals surface area (Å²) in [5, 5.41) is 16.6. The molecule has 3 aliphatic rings. The van der Waals surface area contributed by atoms with Gasteiger partial charge in [0.2, 0.25) is 17.7 Å². The Kier molecular flexibility index (Phi) is 7.52. The number of rotatable bonds is 9. The first kappa shape index (κ1) is 28.3. The average molecular weight is 548 g/mol. The lowest BCUT2D eigenvalue weighted by atomic mass is 9.65. The summed E-state index contributed by atoms with van der Waals surface area (Å²) in [4.78, 5) is 44.3. The van der Waals surface area contributed by atoms with Gasteiger partial charge in [0, 0.05) is 11.4 Å². The molecule has 0 aromatic heterocycles. The zero-order valence-electron chi connectivity index (χ0n) is 24.1. The van der Waals surface area contributed by atoms with Crippen LogP contribution in [0.15, 0.2) is 48.5 Å². The van der Waals surface area contributed by atoms with Gasteiger partial charge in [0.15, 0.2) is 0 Å². The lowest BCUT2D eigenvalue weighted by Gasteiger charge is -2.39. The molecule has 3 aliphatic heterocycles. The number of hydrogen-bond donors (Lipinski definition) is 3. The minimum atomic E-state index is -1.16. The Morgan fingerprint density at radius 2 is 1.80 bits per heavy atom. The molecule has 0 aliphatic carbocycles. The van der Waals surface area contributed by atoms with E-state index in [1.165, 1.54) is 0 Å². The number of benzene rings is 2. The number of likely N-dealkylation sites (tertiary alicyclic amines) is 1. The van der Waals surface area contributed by atoms with Crippen LogP contribution in [0.5, 0.6) is 0 Å². The van der Waals surface area contributed by atoms with E-state index in [1.54, 1.807) is 4.90 Å². The summed E-state index contributed by atoms with van der Waals surface area (Å²) < 4.78 is 6.86. The highest BCUT2D eigenvalue weighted by molar-refractivity contribution is 6.05. The number of aliphatic hydroxyl groups excluding tert-OH is 1. The fourth-order valence-electron chi connectivity index (χ4n) is 7.34. The van der Waals surface area contributed by atoms with Crippen LogP contribution in [0.25, 0.3) is 0 Å². The van der Waals surface area contributed by atoms with Crippen molar-refractivity contribution in [1.82, 2.24) is 4.90 Å². The zero-order valence-corrected chi connectivity index (χ0v) is 24.1. The third-order valence-electron chi connectivity index (χ3n) is 9.69. The van der Waals surface area contributed by atoms with Gasteiger partial charge in [-0.15, -0.1) is 0 Å². The normalized spacial score (nSPS) is 30.2. The van der Waals surface area contributed by atoms with Gasteiger partial charge < -0.3 is 25.4 Å². The van der Waals surface area contributed by atoms with Gasteiger partial charge in [-0.2, -0.15) is 0 Å². The van der Waals surface area contributed by atoms with Crippen LogP contribution in [0.2, 0.25) is 0 Å². The molecule has 8 nitrogen and oxygen atoms in total. The molecule has 2 bridgehead atoms. The van der Waals surface area contributed by atoms with E-state index >= 15 is 0 Å². The number of amides is 3. The molecule has 3 amide bonds. The van der Waals surface area contributed by atoms with Crippen molar-refractivity contribution < 1.29 is 24.2 Å². The van der Waals surface area contributed by atoms with Crippen molar-refractivity contribution in [1.29, 1.82) is 0 Å². The number of fused-ring (bicyclic) bond motifs is 1. The predicted molar refractivity (Wildman–Crippen MR) is 154 cm³/mol. The van der Waals surface area contributed by atoms with Crippen molar-refractivity contribution in [2.24, 2.45) is 17.8 Å². The van der Waals surface area contributed by atoms with Gasteiger partial charge in [0.05, 0.1) is 30.1 Å². The Hall–Kier alpha value is -3.23. The molecule has 0 radical (unpaired) electrons. The summed E-state index contributed by atoms with van der Waals surface area (Å²) in [6, 6.07) is 13.5. The Balaban J connectivity index is 1.59. The Labute approximate surface area is 236 Å². The summed E-state index contributed by atoms with van der Waals surface area (Å²) in [5.41, 5.74) is 1.24. The van der Waals surface area contributed by atoms with Crippen molar-refractivity contribution in [3.63, 3.8) is 0 Å². The number of nitrogens with zero attached hydrogens (tertiary/aromatic N) is 1. The predicted octanol–water partition coefficient (Wildman–Crippen LogP) is 4.44. The SMILES string of the molecule is CC[C@H](C)[C@H](CO)N1C(=O)[C@@H]2[C@@H](C(=O)Nc3ccccc3)[C@@]3(CC)CCC2(O3)C1C(=O)Nc1cc(C)ccc1C. The Morgan fingerprint density at radius 3 is 2.45 bits per heavy atom. The summed E-state index contributed by atoms with van der Waals surface area (Å²) in [7, 11) is 0. The van der Waals surface area contributed by atoms with Gasteiger partial charge in [0.25, 0.3) is 0 Å². The zero-order chi connectivity index (χ0) is 28.8. The molecule has 1 spiro atoms. The first-order chi connectivity index (χ1) is 19.1. The van der Waals surface area contributed by atoms with E-state index < -0.39 is 35.1 Å². The van der Waals surface area contributed by atoms with Gasteiger partial charge in [-0.3, -0.25) is 14.4 Å². The summed E-state index contributed by atoms with van der Waals surface area (Å²) >= 11 is 0. The fourth-order valence-corrected chi connectivity index (χ4v) is 7.34. The second-order valence-electron chi connectivity index (χ2n) is 11.9. The van der Waals surface area contributed by atoms with E-state index in [0.717, 1.165) is 17.5 Å². The maximum atomic E-state index is 14.5. The molecule has 214 valence electrons. The van der Waals surface area contributed by atoms with Crippen molar-refractivity contribution in [3.8, 4) is 0 Å². The number of carbonyl (C=O) groups is 3. The number of hydrogen-bond acceptors (Lipinski definition) is 5. The minimum absolute atomic E-state index is 0.0610. The van der Waals surface area contributed by atoms with Crippen LogP contribution in [0.1, 0.15) is 57.6 Å². The quantitative estimate of drug-likeness (QED) is 0.430. The topological polar surface area (TPSA) is 108 Å². The lowest BCUT2D eigenvalue weighted by Crippen LogP contribution is -2.57. The van der Waals surface area contributed by atoms with Crippen molar-refractivity contribution in [3.05, 3.63) is 59.7 Å². The molecule has 3 fully saturated rings. The molecule has 3 heterocycles. The first-order valence-corrected chi connectivity index (χ1v) is 14.5. The van der Waals surface area contributed by atoms with Crippen molar-refractivity contribution in [2.75, 3.05) is 17.2 Å². The number of ether oxygens (including phenoxy) is 1. The minimum Gasteiger partial charge on any atom is -0.394 e. The molecule has 3 saturated heterocycles. The third kappa shape index (κ3) is 4.32. The largest absolute Gasteiger partial charge is 0.394 e. The Bertz CT molecular complexity index is 1300. The molecular formula is C32H41N3O5. The van der Waals surface area contributed by atoms with Crippen LogP contribution in [0.3, 0.4) is 0 Å². The van der Waals surface area contributed by atoms with E-state index in [4.69, 9.17) is 4.74 Å². The molecule has 8 heteroatoms. The average Bonchev–Trinajstić information content (AvgIpc) is 3.55. The number of para-hydroxylation sites is 1. The maximum absolute atomic E-state index is 14.5. The monoisotopic (exact) mass is 547 g/mol. The van der Waals surface area contributed by atoms with Gasteiger partial charge in [0.1, 0.15) is 11.6 Å². The summed E-state index contributed by atoms with van der Waals surface area (Å²) in [6.07, 6.45) is 2.34. The van der Waals surface area contributed by atoms with E-state index in [0.29, 0.717) is 30.6 Å². The van der Waals surface area contributed by atoms with Crippen LogP contribution >= 0.6 is 0 Å². The third-order valence-corrected chi connectivity index (χ3v) is 9.69. The first-order valence-electron chi connectivity index (χ1n) is 14.5.